The molecule has 2 aliphatic heterocycles. The number of morpholine rings is 1. The molecule has 1 N–H and O–H groups in total. The average Bonchev–Trinajstić information content (AvgIpc) is 2.83. The zero-order chi connectivity index (χ0) is 22.4. The van der Waals surface area contributed by atoms with Crippen LogP contribution in [0.2, 0.25) is 0 Å². The molecule has 0 atom stereocenters. The van der Waals surface area contributed by atoms with E-state index in [4.69, 9.17) is 4.74 Å². The Labute approximate surface area is 188 Å². The summed E-state index contributed by atoms with van der Waals surface area (Å²) < 4.78 is 43.6. The summed E-state index contributed by atoms with van der Waals surface area (Å²) in [4.78, 5) is 5.05. The van der Waals surface area contributed by atoms with Gasteiger partial charge in [0, 0.05) is 38.8 Å². The Bertz CT molecular complexity index is 825. The van der Waals surface area contributed by atoms with Gasteiger partial charge in [-0.05, 0) is 54.8 Å². The van der Waals surface area contributed by atoms with Crippen LogP contribution in [0, 0.1) is 0 Å². The summed E-state index contributed by atoms with van der Waals surface area (Å²) in [5.41, 5.74) is 2.29. The molecule has 32 heavy (non-hydrogen) atoms. The number of halogens is 3. The van der Waals surface area contributed by atoms with E-state index in [0.717, 1.165) is 95.1 Å². The monoisotopic (exact) mass is 447 g/mol. The second kappa shape index (κ2) is 10.8. The number of alkyl halides is 3. The molecule has 2 saturated heterocycles. The Balaban J connectivity index is 1.19. The van der Waals surface area contributed by atoms with Crippen LogP contribution in [0.4, 0.5) is 13.2 Å². The molecule has 0 amide bonds. The lowest BCUT2D eigenvalue weighted by atomic mass is 10.0. The smallest absolute Gasteiger partial charge is 0.379 e. The average molecular weight is 448 g/mol. The first-order chi connectivity index (χ1) is 15.5. The topological polar surface area (TPSA) is 27.7 Å². The normalized spacial score (nSPS) is 19.3. The fourth-order valence-corrected chi connectivity index (χ4v) is 4.40. The fourth-order valence-electron chi connectivity index (χ4n) is 4.40. The van der Waals surface area contributed by atoms with Crippen molar-refractivity contribution in [1.82, 2.24) is 15.1 Å². The highest BCUT2D eigenvalue weighted by Gasteiger charge is 2.30. The molecule has 7 heteroatoms. The summed E-state index contributed by atoms with van der Waals surface area (Å²) in [5, 5.41) is 3.67. The first-order valence-corrected chi connectivity index (χ1v) is 11.5. The maximum absolute atomic E-state index is 12.7. The first-order valence-electron chi connectivity index (χ1n) is 11.5. The Hall–Kier alpha value is -1.93. The van der Waals surface area contributed by atoms with Crippen molar-refractivity contribution in [1.29, 1.82) is 0 Å². The highest BCUT2D eigenvalue weighted by Crippen LogP contribution is 2.31. The van der Waals surface area contributed by atoms with Crippen LogP contribution < -0.4 is 5.32 Å². The van der Waals surface area contributed by atoms with E-state index in [9.17, 15) is 13.2 Å². The van der Waals surface area contributed by atoms with E-state index in [1.165, 1.54) is 17.7 Å². The molecule has 4 rings (SSSR count). The predicted molar refractivity (Wildman–Crippen MR) is 120 cm³/mol. The summed E-state index contributed by atoms with van der Waals surface area (Å²) in [6, 6.07) is 13.9. The predicted octanol–water partition coefficient (Wildman–Crippen LogP) is 4.26. The number of nitrogens with zero attached hydrogens (tertiary/aromatic N) is 2. The van der Waals surface area contributed by atoms with E-state index >= 15 is 0 Å². The molecule has 174 valence electrons. The van der Waals surface area contributed by atoms with Crippen LogP contribution in [0.15, 0.2) is 48.5 Å². The molecule has 0 bridgehead atoms. The van der Waals surface area contributed by atoms with Crippen LogP contribution in [0.5, 0.6) is 0 Å². The summed E-state index contributed by atoms with van der Waals surface area (Å²) in [5.74, 6) is 0. The lowest BCUT2D eigenvalue weighted by Crippen LogP contribution is -2.46. The maximum Gasteiger partial charge on any atom is 0.416 e. The van der Waals surface area contributed by atoms with E-state index < -0.39 is 11.7 Å². The quantitative estimate of drug-likeness (QED) is 0.687. The van der Waals surface area contributed by atoms with Gasteiger partial charge in [0.15, 0.2) is 0 Å². The van der Waals surface area contributed by atoms with Crippen LogP contribution in [-0.4, -0.2) is 68.3 Å². The molecule has 0 aliphatic carbocycles. The van der Waals surface area contributed by atoms with Gasteiger partial charge >= 0.3 is 6.18 Å². The molecular formula is C25H32F3N3O. The van der Waals surface area contributed by atoms with Gasteiger partial charge in [0.05, 0.1) is 18.8 Å². The Morgan fingerprint density at radius 2 is 1.31 bits per heavy atom. The lowest BCUT2D eigenvalue weighted by molar-refractivity contribution is -0.137. The number of rotatable bonds is 7. The van der Waals surface area contributed by atoms with Gasteiger partial charge < -0.3 is 15.0 Å². The van der Waals surface area contributed by atoms with Gasteiger partial charge in [-0.1, -0.05) is 36.4 Å². The van der Waals surface area contributed by atoms with Gasteiger partial charge in [0.2, 0.25) is 0 Å². The van der Waals surface area contributed by atoms with Gasteiger partial charge in [-0.25, -0.2) is 0 Å². The van der Waals surface area contributed by atoms with Crippen molar-refractivity contribution in [2.75, 3.05) is 52.5 Å². The second-order valence-corrected chi connectivity index (χ2v) is 8.72. The number of benzene rings is 2. The van der Waals surface area contributed by atoms with Crippen LogP contribution in [-0.2, 0) is 17.5 Å². The standard InChI is InChI=1S/C25H32F3N3O/c26-25(27,28)23-7-5-22(6-8-23)21-3-1-20(2-4-21)19-29-24-9-11-30(12-10-24)13-14-31-15-17-32-18-16-31/h1-8,24,29H,9-19H2. The minimum Gasteiger partial charge on any atom is -0.379 e. The van der Waals surface area contributed by atoms with Crippen molar-refractivity contribution in [3.05, 3.63) is 59.7 Å². The summed E-state index contributed by atoms with van der Waals surface area (Å²) in [7, 11) is 0. The Kier molecular flexibility index (Phi) is 7.84. The van der Waals surface area contributed by atoms with Gasteiger partial charge in [-0.3, -0.25) is 4.90 Å². The first kappa shape index (κ1) is 23.2. The molecule has 2 aromatic carbocycles. The van der Waals surface area contributed by atoms with Gasteiger partial charge in [0.25, 0.3) is 0 Å². The molecule has 0 saturated carbocycles. The molecule has 2 heterocycles. The van der Waals surface area contributed by atoms with Crippen LogP contribution in [0.1, 0.15) is 24.0 Å². The van der Waals surface area contributed by atoms with Crippen molar-refractivity contribution >= 4 is 0 Å². The van der Waals surface area contributed by atoms with Crippen molar-refractivity contribution in [3.63, 3.8) is 0 Å². The Morgan fingerprint density at radius 1 is 0.781 bits per heavy atom. The van der Waals surface area contributed by atoms with Gasteiger partial charge in [-0.15, -0.1) is 0 Å². The van der Waals surface area contributed by atoms with Crippen molar-refractivity contribution in [2.45, 2.75) is 31.6 Å². The summed E-state index contributed by atoms with van der Waals surface area (Å²) >= 11 is 0. The maximum atomic E-state index is 12.7. The second-order valence-electron chi connectivity index (χ2n) is 8.72. The van der Waals surface area contributed by atoms with E-state index in [2.05, 4.69) is 27.2 Å². The fraction of sp³-hybridized carbons (Fsp3) is 0.520. The van der Waals surface area contributed by atoms with Crippen LogP contribution in [0.25, 0.3) is 11.1 Å². The van der Waals surface area contributed by atoms with E-state index in [1.54, 1.807) is 0 Å². The lowest BCUT2D eigenvalue weighted by Gasteiger charge is -2.34. The molecule has 0 aromatic heterocycles. The number of ether oxygens (including phenoxy) is 1. The molecule has 4 nitrogen and oxygen atoms in total. The number of likely N-dealkylation sites (tertiary alicyclic amines) is 1. The highest BCUT2D eigenvalue weighted by molar-refractivity contribution is 5.64. The summed E-state index contributed by atoms with van der Waals surface area (Å²) in [6.07, 6.45) is -1.98. The molecule has 2 aromatic rings. The number of piperidine rings is 1. The highest BCUT2D eigenvalue weighted by atomic mass is 19.4. The largest absolute Gasteiger partial charge is 0.416 e. The van der Waals surface area contributed by atoms with E-state index in [0.29, 0.717) is 6.04 Å². The molecule has 0 radical (unpaired) electrons. The minimum absolute atomic E-state index is 0.532. The van der Waals surface area contributed by atoms with Crippen LogP contribution >= 0.6 is 0 Å². The summed E-state index contributed by atoms with van der Waals surface area (Å²) in [6.45, 7) is 9.17. The van der Waals surface area contributed by atoms with Crippen LogP contribution in [0.3, 0.4) is 0 Å². The number of nitrogens with one attached hydrogen (secondary N) is 1. The van der Waals surface area contributed by atoms with Crippen molar-refractivity contribution < 1.29 is 17.9 Å². The van der Waals surface area contributed by atoms with Gasteiger partial charge in [-0.2, -0.15) is 13.2 Å². The van der Waals surface area contributed by atoms with Crippen molar-refractivity contribution in [2.24, 2.45) is 0 Å². The minimum atomic E-state index is -4.30. The Morgan fingerprint density at radius 3 is 1.88 bits per heavy atom. The molecule has 0 spiro atoms. The third kappa shape index (κ3) is 6.54. The SMILES string of the molecule is FC(F)(F)c1ccc(-c2ccc(CNC3CCN(CCN4CCOCC4)CC3)cc2)cc1. The number of hydrogen-bond donors (Lipinski definition) is 1. The molecule has 2 fully saturated rings. The third-order valence-corrected chi connectivity index (χ3v) is 6.52. The number of hydrogen-bond acceptors (Lipinski definition) is 4. The molecule has 2 aliphatic rings. The zero-order valence-electron chi connectivity index (χ0n) is 18.4. The molecule has 0 unspecified atom stereocenters. The zero-order valence-corrected chi connectivity index (χ0v) is 18.4. The van der Waals surface area contributed by atoms with E-state index in [-0.39, 0.29) is 0 Å². The molecular weight excluding hydrogens is 415 g/mol. The van der Waals surface area contributed by atoms with Crippen molar-refractivity contribution in [3.8, 4) is 11.1 Å². The third-order valence-electron chi connectivity index (χ3n) is 6.52. The van der Waals surface area contributed by atoms with Gasteiger partial charge in [0.1, 0.15) is 0 Å². The van der Waals surface area contributed by atoms with E-state index in [1.807, 2.05) is 12.1 Å².